The van der Waals surface area contributed by atoms with Gasteiger partial charge in [-0.05, 0) is 52.6 Å². The number of carbonyl (C=O) groups excluding carboxylic acids is 12. The molecule has 3 fully saturated rings. The summed E-state index contributed by atoms with van der Waals surface area (Å²) in [5.74, 6) is -8.44. The Morgan fingerprint density at radius 2 is 0.467 bits per heavy atom. The van der Waals surface area contributed by atoms with Gasteiger partial charge >= 0.3 is 71.6 Å². The Balaban J connectivity index is 1.92. The minimum absolute atomic E-state index is 0.239. The molecule has 0 aliphatic carbocycles. The van der Waals surface area contributed by atoms with Gasteiger partial charge in [-0.2, -0.15) is 0 Å². The molecule has 3 heterocycles. The molecule has 0 N–H and O–H groups in total. The fourth-order valence-electron chi connectivity index (χ4n) is 10.2. The van der Waals surface area contributed by atoms with Crippen molar-refractivity contribution < 1.29 is 129 Å². The van der Waals surface area contributed by atoms with E-state index in [4.69, 9.17) is 71.1 Å². The second-order valence-corrected chi connectivity index (χ2v) is 27.6. The Morgan fingerprint density at radius 1 is 0.278 bits per heavy atom. The minimum atomic E-state index is -1.42. The molecule has 3 aliphatic heterocycles. The van der Waals surface area contributed by atoms with Gasteiger partial charge in [0, 0.05) is 100 Å². The molecule has 0 saturated carbocycles. The quantitative estimate of drug-likeness (QED) is 0.0465. The number of carbonyl (C=O) groups is 12. The molecule has 0 unspecified atom stereocenters. The number of hydrogen-bond donors (Lipinski definition) is 0. The van der Waals surface area contributed by atoms with E-state index in [0.29, 0.717) is 19.3 Å². The monoisotopic (exact) mass is 1390 g/mol. The van der Waals surface area contributed by atoms with E-state index in [2.05, 4.69) is 0 Å². The van der Waals surface area contributed by atoms with Gasteiger partial charge in [0.2, 0.25) is 0 Å². The number of esters is 12. The number of benzene rings is 1. The summed E-state index contributed by atoms with van der Waals surface area (Å²) in [6.45, 7) is 18.3. The van der Waals surface area contributed by atoms with Crippen molar-refractivity contribution in [2.75, 3.05) is 19.8 Å². The highest BCUT2D eigenvalue weighted by molar-refractivity contribution is 8.77. The second-order valence-electron chi connectivity index (χ2n) is 20.2. The molecule has 0 spiro atoms. The minimum Gasteiger partial charge on any atom is -0.463 e. The van der Waals surface area contributed by atoms with Crippen LogP contribution >= 0.6 is 64.8 Å². The molecule has 1 aromatic rings. The maximum absolute atomic E-state index is 12.8. The predicted octanol–water partition coefficient (Wildman–Crippen LogP) is 6.27. The van der Waals surface area contributed by atoms with Gasteiger partial charge in [-0.1, -0.05) is 85.5 Å². The lowest BCUT2D eigenvalue weighted by molar-refractivity contribution is -0.237. The molecule has 3 saturated heterocycles. The Labute approximate surface area is 545 Å². The molecule has 1 aromatic carbocycles. The maximum Gasteiger partial charge on any atom is 0.303 e. The van der Waals surface area contributed by atoms with Gasteiger partial charge in [0.05, 0.1) is 0 Å². The molecule has 3 aliphatic rings. The summed E-state index contributed by atoms with van der Waals surface area (Å²) < 4.78 is 86.4. The van der Waals surface area contributed by atoms with Crippen molar-refractivity contribution in [3.8, 4) is 0 Å². The summed E-state index contributed by atoms with van der Waals surface area (Å²) in [4.78, 5) is 150. The Hall–Kier alpha value is -5.16. The van der Waals surface area contributed by atoms with E-state index in [1.54, 1.807) is 0 Å². The van der Waals surface area contributed by atoms with E-state index in [1.165, 1.54) is 53.2 Å². The molecular weight excluding hydrogens is 1310 g/mol. The van der Waals surface area contributed by atoms with Crippen molar-refractivity contribution in [3.63, 3.8) is 0 Å². The molecule has 27 nitrogen and oxygen atoms in total. The normalized spacial score (nSPS) is 26.2. The Kier molecular flexibility index (Phi) is 32.2. The van der Waals surface area contributed by atoms with Crippen LogP contribution in [0.2, 0.25) is 0 Å². The van der Waals surface area contributed by atoms with Crippen LogP contribution in [0.4, 0.5) is 0 Å². The van der Waals surface area contributed by atoms with Gasteiger partial charge in [-0.25, -0.2) is 0 Å². The molecule has 0 bridgehead atoms. The third-order valence-corrected chi connectivity index (χ3v) is 20.5. The summed E-state index contributed by atoms with van der Waals surface area (Å²) in [6, 6.07) is 0. The molecule has 0 aromatic heterocycles. The molecule has 0 amide bonds. The standard InChI is InChI=1S/C57H78O27S6/c1-16-37-40(22-85-88-55-52(79-34(13)67)49(76-31(10)64)46(73-28(7)61)43(82-55)19-70-25(4)58)38(17-2)42(24-87-90-57-54(81-36(15)69)51(78-33(12)66)48(75-30(9)63)45(84-57)21-72-27(6)60)39(18-3)41(37)23-86-89-56-53(80-35(14)68)50(77-32(11)65)47(74-29(8)62)44(83-56)20-71-26(5)59/h43-57H,16-24H2,1-15H3/t43-,44-,45-,46+,47+,48+,49+,50+,51+,52-,53-,54-,55+,56+,57+/m1/s1. The smallest absolute Gasteiger partial charge is 0.303 e. The van der Waals surface area contributed by atoms with E-state index < -0.39 is 181 Å². The van der Waals surface area contributed by atoms with Crippen LogP contribution in [0.15, 0.2) is 0 Å². The maximum atomic E-state index is 12.8. The van der Waals surface area contributed by atoms with Crippen molar-refractivity contribution in [1.82, 2.24) is 0 Å². The van der Waals surface area contributed by atoms with E-state index in [9.17, 15) is 57.5 Å². The number of rotatable bonds is 30. The lowest BCUT2D eigenvalue weighted by Crippen LogP contribution is -2.61. The molecular formula is C57H78O27S6. The molecule has 33 heteroatoms. The van der Waals surface area contributed by atoms with Crippen LogP contribution < -0.4 is 0 Å². The zero-order valence-electron chi connectivity index (χ0n) is 52.5. The Bertz CT molecular complexity index is 2440. The van der Waals surface area contributed by atoms with Crippen molar-refractivity contribution in [2.45, 2.75) is 230 Å². The number of ether oxygens (including phenoxy) is 15. The van der Waals surface area contributed by atoms with Crippen LogP contribution in [0.5, 0.6) is 0 Å². The van der Waals surface area contributed by atoms with E-state index >= 15 is 0 Å². The van der Waals surface area contributed by atoms with Crippen LogP contribution in [0.25, 0.3) is 0 Å². The first-order valence-corrected chi connectivity index (χ1v) is 35.5. The molecule has 504 valence electrons. The third kappa shape index (κ3) is 23.4. The molecule has 90 heavy (non-hydrogen) atoms. The van der Waals surface area contributed by atoms with Crippen LogP contribution in [0.3, 0.4) is 0 Å². The van der Waals surface area contributed by atoms with Crippen LogP contribution in [-0.2, 0) is 165 Å². The topological polar surface area (TPSA) is 343 Å². The summed E-state index contributed by atoms with van der Waals surface area (Å²) in [5.41, 5.74) is 1.99. The van der Waals surface area contributed by atoms with Gasteiger partial charge in [-0.15, -0.1) is 0 Å². The average molecular weight is 1390 g/mol. The van der Waals surface area contributed by atoms with Crippen molar-refractivity contribution in [2.24, 2.45) is 0 Å². The lowest BCUT2D eigenvalue weighted by atomic mass is 9.85. The van der Waals surface area contributed by atoms with Gasteiger partial charge < -0.3 is 71.1 Å². The number of hydrogen-bond acceptors (Lipinski definition) is 33. The van der Waals surface area contributed by atoms with Gasteiger partial charge in [-0.3, -0.25) is 57.5 Å². The molecule has 15 atom stereocenters. The van der Waals surface area contributed by atoms with Gasteiger partial charge in [0.1, 0.15) is 38.1 Å². The van der Waals surface area contributed by atoms with Crippen molar-refractivity contribution in [3.05, 3.63) is 33.4 Å². The fraction of sp³-hybridized carbons (Fsp3) is 0.684. The zero-order valence-corrected chi connectivity index (χ0v) is 57.4. The van der Waals surface area contributed by atoms with Gasteiger partial charge in [0.15, 0.2) is 71.2 Å². The molecule has 0 radical (unpaired) electrons. The first-order valence-electron chi connectivity index (χ1n) is 28.3. The second kappa shape index (κ2) is 37.5. The summed E-state index contributed by atoms with van der Waals surface area (Å²) in [6.07, 6.45) is -14.7. The first kappa shape index (κ1) is 77.3. The van der Waals surface area contributed by atoms with Crippen molar-refractivity contribution in [1.29, 1.82) is 0 Å². The molecule has 4 rings (SSSR count). The predicted molar refractivity (Wildman–Crippen MR) is 327 cm³/mol. The van der Waals surface area contributed by atoms with Crippen LogP contribution in [0, 0.1) is 0 Å². The van der Waals surface area contributed by atoms with Crippen LogP contribution in [-0.4, -0.2) is 181 Å². The first-order chi connectivity index (χ1) is 42.4. The van der Waals surface area contributed by atoms with E-state index in [1.807, 2.05) is 20.8 Å². The highest BCUT2D eigenvalue weighted by Gasteiger charge is 2.55. The SMILES string of the molecule is CCc1c(CSS[C@@H]2O[C@H](COC(C)=O)[C@H](OC(C)=O)[C@H](OC(C)=O)[C@H]2OC(C)=O)c(CC)c(CSS[C@@H]2O[C@H](COC(C)=O)[C@H](OC(C)=O)[C@H](OC(C)=O)[C@H]2OC(C)=O)c(CC)c1CSS[C@@H]1O[C@H](COC(C)=O)[C@H](OC(C)=O)[C@H](OC(C)=O)[C@H]1OC(C)=O. The zero-order chi connectivity index (χ0) is 67.3. The van der Waals surface area contributed by atoms with E-state index in [-0.39, 0.29) is 17.3 Å². The lowest BCUT2D eigenvalue weighted by Gasteiger charge is -2.44. The highest BCUT2D eigenvalue weighted by atomic mass is 33.1. The van der Waals surface area contributed by atoms with Crippen molar-refractivity contribution >= 4 is 136 Å². The third-order valence-electron chi connectivity index (χ3n) is 13.2. The summed E-state index contributed by atoms with van der Waals surface area (Å²) >= 11 is 0. The summed E-state index contributed by atoms with van der Waals surface area (Å²) in [7, 11) is 7.22. The Morgan fingerprint density at radius 3 is 0.644 bits per heavy atom. The average Bonchev–Trinajstić information content (AvgIpc) is 0.841. The van der Waals surface area contributed by atoms with E-state index in [0.717, 1.165) is 128 Å². The summed E-state index contributed by atoms with van der Waals surface area (Å²) in [5, 5.41) is 0. The fourth-order valence-corrected chi connectivity index (χ4v) is 18.0. The van der Waals surface area contributed by atoms with Gasteiger partial charge in [0.25, 0.3) is 0 Å². The van der Waals surface area contributed by atoms with Crippen LogP contribution in [0.1, 0.15) is 137 Å². The largest absolute Gasteiger partial charge is 0.463 e. The highest BCUT2D eigenvalue weighted by Crippen LogP contribution is 2.48.